The summed E-state index contributed by atoms with van der Waals surface area (Å²) >= 11 is 0. The Morgan fingerprint density at radius 3 is 2.45 bits per heavy atom. The Labute approximate surface area is 235 Å². The van der Waals surface area contributed by atoms with E-state index in [4.69, 9.17) is 0 Å². The zero-order chi connectivity index (χ0) is 29.6. The first kappa shape index (κ1) is 26.7. The number of aryl methyl sites for hydroxylation is 2. The number of benzene rings is 2. The Kier molecular flexibility index (Phi) is 6.44. The second-order valence-corrected chi connectivity index (χ2v) is 9.58. The fourth-order valence-electron chi connectivity index (χ4n) is 4.60. The third-order valence-electron chi connectivity index (χ3n) is 6.61. The number of anilines is 1. The zero-order valence-corrected chi connectivity index (χ0v) is 22.2. The van der Waals surface area contributed by atoms with Crippen molar-refractivity contribution in [2.24, 2.45) is 14.1 Å². The van der Waals surface area contributed by atoms with E-state index >= 15 is 0 Å². The highest BCUT2D eigenvalue weighted by atomic mass is 19.4. The quantitative estimate of drug-likeness (QED) is 0.308. The summed E-state index contributed by atoms with van der Waals surface area (Å²) in [4.78, 5) is 30.4. The van der Waals surface area contributed by atoms with Gasteiger partial charge in [0.05, 0.1) is 23.8 Å². The van der Waals surface area contributed by atoms with Gasteiger partial charge in [-0.05, 0) is 22.9 Å². The van der Waals surface area contributed by atoms with Crippen LogP contribution in [-0.4, -0.2) is 46.0 Å². The van der Waals surface area contributed by atoms with Gasteiger partial charge in [-0.15, -0.1) is 0 Å². The van der Waals surface area contributed by atoms with E-state index in [1.165, 1.54) is 17.9 Å². The molecule has 11 nitrogen and oxygen atoms in total. The molecule has 0 radical (unpaired) electrons. The van der Waals surface area contributed by atoms with Gasteiger partial charge in [0.2, 0.25) is 0 Å². The van der Waals surface area contributed by atoms with Crippen LogP contribution in [0.25, 0.3) is 27.7 Å². The summed E-state index contributed by atoms with van der Waals surface area (Å²) in [6.45, 7) is 0.184. The molecule has 0 saturated heterocycles. The molecule has 0 unspecified atom stereocenters. The number of carbonyl (C=O) groups is 2. The lowest BCUT2D eigenvalue weighted by molar-refractivity contribution is -0.142. The minimum Gasteiger partial charge on any atom is -0.346 e. The molecule has 0 atom stereocenters. The van der Waals surface area contributed by atoms with Crippen LogP contribution in [0, 0.1) is 0 Å². The second-order valence-electron chi connectivity index (χ2n) is 9.58. The van der Waals surface area contributed by atoms with Crippen LogP contribution in [0.1, 0.15) is 32.2 Å². The van der Waals surface area contributed by atoms with Gasteiger partial charge >= 0.3 is 6.18 Å². The average molecular weight is 574 g/mol. The Hall–Kier alpha value is -5.53. The van der Waals surface area contributed by atoms with Crippen molar-refractivity contribution >= 4 is 33.9 Å². The van der Waals surface area contributed by atoms with Gasteiger partial charge < -0.3 is 10.6 Å². The minimum atomic E-state index is -4.78. The van der Waals surface area contributed by atoms with Gasteiger partial charge in [-0.2, -0.15) is 28.5 Å². The predicted octanol–water partition coefficient (Wildman–Crippen LogP) is 4.22. The molecule has 0 spiro atoms. The first-order valence-electron chi connectivity index (χ1n) is 12.6. The number of halogens is 3. The molecule has 0 fully saturated rings. The molecule has 0 bridgehead atoms. The van der Waals surface area contributed by atoms with Gasteiger partial charge in [0, 0.05) is 44.0 Å². The van der Waals surface area contributed by atoms with Crippen molar-refractivity contribution in [3.05, 3.63) is 95.8 Å². The van der Waals surface area contributed by atoms with Gasteiger partial charge in [0.15, 0.2) is 17.0 Å². The van der Waals surface area contributed by atoms with Gasteiger partial charge in [0.25, 0.3) is 11.8 Å². The number of fused-ring (bicyclic) bond motifs is 2. The van der Waals surface area contributed by atoms with Crippen molar-refractivity contribution in [2.75, 3.05) is 5.32 Å². The molecular formula is C28H22F3N9O2. The van der Waals surface area contributed by atoms with Crippen LogP contribution in [-0.2, 0) is 26.8 Å². The molecule has 14 heteroatoms. The first-order valence-corrected chi connectivity index (χ1v) is 12.6. The Balaban J connectivity index is 1.30. The molecule has 42 heavy (non-hydrogen) atoms. The predicted molar refractivity (Wildman–Crippen MR) is 146 cm³/mol. The minimum absolute atomic E-state index is 0.0451. The summed E-state index contributed by atoms with van der Waals surface area (Å²) in [5, 5.41) is 19.0. The molecule has 0 aliphatic carbocycles. The maximum absolute atomic E-state index is 14.1. The fraction of sp³-hybridized carbons (Fsp3) is 0.143. The maximum atomic E-state index is 14.1. The number of alkyl halides is 3. The van der Waals surface area contributed by atoms with E-state index in [1.807, 2.05) is 24.3 Å². The molecule has 2 amide bonds. The molecule has 4 aromatic heterocycles. The zero-order valence-electron chi connectivity index (χ0n) is 22.2. The lowest BCUT2D eigenvalue weighted by Gasteiger charge is -2.11. The monoisotopic (exact) mass is 573 g/mol. The molecule has 0 aliphatic rings. The molecule has 6 rings (SSSR count). The molecule has 2 N–H and O–H groups in total. The highest BCUT2D eigenvalue weighted by molar-refractivity contribution is 6.07. The van der Waals surface area contributed by atoms with Crippen LogP contribution >= 0.6 is 0 Å². The third-order valence-corrected chi connectivity index (χ3v) is 6.61. The Bertz CT molecular complexity index is 1990. The highest BCUT2D eigenvalue weighted by Gasteiger charge is 2.36. The van der Waals surface area contributed by atoms with E-state index < -0.39 is 23.7 Å². The van der Waals surface area contributed by atoms with Crippen LogP contribution in [0.3, 0.4) is 0 Å². The van der Waals surface area contributed by atoms with Crippen molar-refractivity contribution in [3.63, 3.8) is 0 Å². The standard InChI is InChI=1S/C28H22F3N9O2/c1-38-15-16(13-33-38)12-32-27(42)25-22(14-34-39(25)2)36-26(41)21-11-24-35-20(10-23(28(29,30)31)40(24)37-21)19-8-7-17-5-3-4-6-18(17)9-19/h3-11,13-15H,12H2,1-2H3,(H,32,42)(H,36,41). The van der Waals surface area contributed by atoms with Crippen LogP contribution in [0.15, 0.2) is 73.2 Å². The van der Waals surface area contributed by atoms with E-state index in [0.29, 0.717) is 10.1 Å². The smallest absolute Gasteiger partial charge is 0.346 e. The lowest BCUT2D eigenvalue weighted by Crippen LogP contribution is -2.26. The maximum Gasteiger partial charge on any atom is 0.433 e. The van der Waals surface area contributed by atoms with Crippen molar-refractivity contribution in [1.82, 2.24) is 39.5 Å². The van der Waals surface area contributed by atoms with Gasteiger partial charge in [-0.1, -0.05) is 36.4 Å². The second kappa shape index (κ2) is 10.1. The molecule has 2 aromatic carbocycles. The third kappa shape index (κ3) is 5.05. The Morgan fingerprint density at radius 1 is 0.929 bits per heavy atom. The van der Waals surface area contributed by atoms with Crippen LogP contribution in [0.5, 0.6) is 0 Å². The summed E-state index contributed by atoms with van der Waals surface area (Å²) in [7, 11) is 3.27. The summed E-state index contributed by atoms with van der Waals surface area (Å²) in [6.07, 6.45) is -0.173. The largest absolute Gasteiger partial charge is 0.433 e. The number of nitrogens with one attached hydrogen (secondary N) is 2. The van der Waals surface area contributed by atoms with Gasteiger partial charge in [0.1, 0.15) is 5.69 Å². The molecular weight excluding hydrogens is 551 g/mol. The number of hydrogen-bond donors (Lipinski definition) is 2. The van der Waals surface area contributed by atoms with Crippen LogP contribution < -0.4 is 10.6 Å². The number of hydrogen-bond acceptors (Lipinski definition) is 6. The SMILES string of the molecule is Cn1cc(CNC(=O)c2c(NC(=O)c3cc4nc(-c5ccc6ccccc6c5)cc(C(F)(F)F)n4n3)cnn2C)cn1. The molecule has 4 heterocycles. The van der Waals surface area contributed by atoms with E-state index in [0.717, 1.165) is 28.5 Å². The first-order chi connectivity index (χ1) is 20.1. The van der Waals surface area contributed by atoms with Crippen molar-refractivity contribution in [3.8, 4) is 11.3 Å². The average Bonchev–Trinajstić information content (AvgIpc) is 3.68. The number of carbonyl (C=O) groups excluding carboxylic acids is 2. The summed E-state index contributed by atoms with van der Waals surface area (Å²) in [5.41, 5.74) is -0.162. The molecule has 0 aliphatic heterocycles. The summed E-state index contributed by atoms with van der Waals surface area (Å²) < 4.78 is 45.8. The van der Waals surface area contributed by atoms with Gasteiger partial charge in [-0.3, -0.25) is 19.0 Å². The normalized spacial score (nSPS) is 11.7. The number of amides is 2. The van der Waals surface area contributed by atoms with Gasteiger partial charge in [-0.25, -0.2) is 9.50 Å². The van der Waals surface area contributed by atoms with Crippen LogP contribution in [0.4, 0.5) is 18.9 Å². The van der Waals surface area contributed by atoms with E-state index in [1.54, 1.807) is 42.3 Å². The Morgan fingerprint density at radius 2 is 1.71 bits per heavy atom. The highest BCUT2D eigenvalue weighted by Crippen LogP contribution is 2.33. The number of aromatic nitrogens is 7. The molecule has 212 valence electrons. The molecule has 0 saturated carbocycles. The fourth-order valence-corrected chi connectivity index (χ4v) is 4.60. The van der Waals surface area contributed by atoms with Crippen molar-refractivity contribution in [2.45, 2.75) is 12.7 Å². The molecule has 6 aromatic rings. The van der Waals surface area contributed by atoms with Crippen molar-refractivity contribution in [1.29, 1.82) is 0 Å². The lowest BCUT2D eigenvalue weighted by atomic mass is 10.0. The van der Waals surface area contributed by atoms with E-state index in [9.17, 15) is 22.8 Å². The summed E-state index contributed by atoms with van der Waals surface area (Å²) in [5.74, 6) is -1.36. The van der Waals surface area contributed by atoms with Crippen molar-refractivity contribution < 1.29 is 22.8 Å². The number of rotatable bonds is 6. The number of nitrogens with zero attached hydrogens (tertiary/aromatic N) is 7. The van der Waals surface area contributed by atoms with E-state index in [-0.39, 0.29) is 35.0 Å². The van der Waals surface area contributed by atoms with Crippen LogP contribution in [0.2, 0.25) is 0 Å². The van der Waals surface area contributed by atoms with E-state index in [2.05, 4.69) is 30.9 Å². The summed E-state index contributed by atoms with van der Waals surface area (Å²) in [6, 6.07) is 14.8. The topological polar surface area (TPSA) is 124 Å².